The van der Waals surface area contributed by atoms with Crippen LogP contribution < -0.4 is 4.74 Å². The van der Waals surface area contributed by atoms with E-state index in [9.17, 15) is 9.18 Å². The van der Waals surface area contributed by atoms with Crippen LogP contribution in [0.1, 0.15) is 30.7 Å². The van der Waals surface area contributed by atoms with Crippen molar-refractivity contribution in [3.8, 4) is 5.75 Å². The van der Waals surface area contributed by atoms with Crippen molar-refractivity contribution in [1.29, 1.82) is 0 Å². The summed E-state index contributed by atoms with van der Waals surface area (Å²) in [7, 11) is 0. The third-order valence-electron chi connectivity index (χ3n) is 4.55. The molecule has 1 unspecified atom stereocenters. The number of carbonyl (C=O) groups excluding carboxylic acids is 1. The van der Waals surface area contributed by atoms with E-state index >= 15 is 0 Å². The summed E-state index contributed by atoms with van der Waals surface area (Å²) in [6.07, 6.45) is 3.08. The average molecular weight is 362 g/mol. The second-order valence-electron chi connectivity index (χ2n) is 6.30. The normalized spacial score (nSPS) is 17.8. The third kappa shape index (κ3) is 4.73. The van der Waals surface area contributed by atoms with Crippen molar-refractivity contribution in [2.75, 3.05) is 19.7 Å². The minimum atomic E-state index is -0.454. The largest absolute Gasteiger partial charge is 0.481 e. The van der Waals surface area contributed by atoms with Crippen molar-refractivity contribution < 1.29 is 13.9 Å². The molecule has 0 bridgehead atoms. The minimum absolute atomic E-state index is 0.107. The van der Waals surface area contributed by atoms with E-state index in [2.05, 4.69) is 0 Å². The molecule has 25 heavy (non-hydrogen) atoms. The zero-order valence-electron chi connectivity index (χ0n) is 14.0. The van der Waals surface area contributed by atoms with E-state index in [1.165, 1.54) is 17.7 Å². The maximum atomic E-state index is 13.6. The molecule has 1 aliphatic heterocycles. The summed E-state index contributed by atoms with van der Waals surface area (Å²) in [5, 5.41) is 0.712. The van der Waals surface area contributed by atoms with Crippen LogP contribution in [-0.2, 0) is 4.79 Å². The monoisotopic (exact) mass is 361 g/mol. The molecule has 1 aliphatic rings. The second kappa shape index (κ2) is 8.34. The summed E-state index contributed by atoms with van der Waals surface area (Å²) < 4.78 is 19.0. The molecule has 2 aromatic carbocycles. The van der Waals surface area contributed by atoms with Crippen LogP contribution in [0.25, 0.3) is 0 Å². The molecule has 1 heterocycles. The molecule has 0 spiro atoms. The van der Waals surface area contributed by atoms with Gasteiger partial charge in [-0.15, -0.1) is 0 Å². The van der Waals surface area contributed by atoms with E-state index in [-0.39, 0.29) is 24.2 Å². The van der Waals surface area contributed by atoms with E-state index in [1.807, 2.05) is 29.2 Å². The zero-order valence-corrected chi connectivity index (χ0v) is 14.7. The Morgan fingerprint density at radius 1 is 1.16 bits per heavy atom. The maximum absolute atomic E-state index is 13.6. The summed E-state index contributed by atoms with van der Waals surface area (Å²) in [6, 6.07) is 13.9. The first kappa shape index (κ1) is 17.7. The molecule has 132 valence electrons. The first-order valence-electron chi connectivity index (χ1n) is 8.54. The fourth-order valence-electron chi connectivity index (χ4n) is 3.17. The van der Waals surface area contributed by atoms with Crippen molar-refractivity contribution in [2.24, 2.45) is 0 Å². The number of rotatable bonds is 4. The molecule has 0 aromatic heterocycles. The Balaban J connectivity index is 1.63. The highest BCUT2D eigenvalue weighted by Gasteiger charge is 2.23. The fraction of sp³-hybridized carbons (Fsp3) is 0.350. The van der Waals surface area contributed by atoms with Crippen LogP contribution in [0.15, 0.2) is 48.5 Å². The SMILES string of the molecule is O=C(COc1ccccc1F)N1CCCCC(c2ccc(Cl)cc2)C1. The van der Waals surface area contributed by atoms with Gasteiger partial charge in [0.25, 0.3) is 5.91 Å². The number of amides is 1. The number of ether oxygens (including phenoxy) is 1. The topological polar surface area (TPSA) is 29.5 Å². The number of hydrogen-bond donors (Lipinski definition) is 0. The second-order valence-corrected chi connectivity index (χ2v) is 6.74. The van der Waals surface area contributed by atoms with Gasteiger partial charge in [-0.1, -0.05) is 42.3 Å². The Kier molecular flexibility index (Phi) is 5.92. The van der Waals surface area contributed by atoms with Gasteiger partial charge in [-0.05, 0) is 42.7 Å². The van der Waals surface area contributed by atoms with Crippen LogP contribution >= 0.6 is 11.6 Å². The highest BCUT2D eigenvalue weighted by Crippen LogP contribution is 2.27. The van der Waals surface area contributed by atoms with Crippen LogP contribution in [-0.4, -0.2) is 30.5 Å². The number of halogens is 2. The van der Waals surface area contributed by atoms with E-state index in [1.54, 1.807) is 12.1 Å². The zero-order chi connectivity index (χ0) is 17.6. The van der Waals surface area contributed by atoms with E-state index in [0.29, 0.717) is 18.1 Å². The number of hydrogen-bond acceptors (Lipinski definition) is 2. The van der Waals surface area contributed by atoms with Crippen molar-refractivity contribution in [3.63, 3.8) is 0 Å². The highest BCUT2D eigenvalue weighted by molar-refractivity contribution is 6.30. The summed E-state index contributed by atoms with van der Waals surface area (Å²) in [5.74, 6) is -0.161. The van der Waals surface area contributed by atoms with E-state index < -0.39 is 5.82 Å². The van der Waals surface area contributed by atoms with Crippen molar-refractivity contribution >= 4 is 17.5 Å². The number of carbonyl (C=O) groups is 1. The predicted molar refractivity (Wildman–Crippen MR) is 96.5 cm³/mol. The molecule has 0 N–H and O–H groups in total. The molecule has 0 aliphatic carbocycles. The molecular weight excluding hydrogens is 341 g/mol. The van der Waals surface area contributed by atoms with E-state index in [4.69, 9.17) is 16.3 Å². The number of benzene rings is 2. The van der Waals surface area contributed by atoms with Gasteiger partial charge in [0.15, 0.2) is 18.2 Å². The molecule has 5 heteroatoms. The molecule has 1 saturated heterocycles. The first-order chi connectivity index (χ1) is 12.1. The Morgan fingerprint density at radius 2 is 1.92 bits per heavy atom. The lowest BCUT2D eigenvalue weighted by Crippen LogP contribution is -2.37. The van der Waals surface area contributed by atoms with Crippen LogP contribution in [0, 0.1) is 5.82 Å². The van der Waals surface area contributed by atoms with Crippen LogP contribution in [0.2, 0.25) is 5.02 Å². The lowest BCUT2D eigenvalue weighted by Gasteiger charge is -2.25. The van der Waals surface area contributed by atoms with Crippen molar-refractivity contribution in [3.05, 3.63) is 64.9 Å². The van der Waals surface area contributed by atoms with Gasteiger partial charge < -0.3 is 9.64 Å². The van der Waals surface area contributed by atoms with Gasteiger partial charge in [-0.25, -0.2) is 4.39 Å². The molecule has 3 rings (SSSR count). The number of para-hydroxylation sites is 1. The van der Waals surface area contributed by atoms with E-state index in [0.717, 1.165) is 19.3 Å². The van der Waals surface area contributed by atoms with Gasteiger partial charge in [0.1, 0.15) is 0 Å². The Hall–Kier alpha value is -2.07. The van der Waals surface area contributed by atoms with Crippen LogP contribution in [0.4, 0.5) is 4.39 Å². The van der Waals surface area contributed by atoms with Crippen molar-refractivity contribution in [1.82, 2.24) is 4.90 Å². The van der Waals surface area contributed by atoms with Crippen molar-refractivity contribution in [2.45, 2.75) is 25.2 Å². The minimum Gasteiger partial charge on any atom is -0.481 e. The lowest BCUT2D eigenvalue weighted by atomic mass is 9.94. The molecule has 0 radical (unpaired) electrons. The Labute approximate surface area is 152 Å². The summed E-state index contributed by atoms with van der Waals surface area (Å²) >= 11 is 5.96. The van der Waals surface area contributed by atoms with Gasteiger partial charge in [0.2, 0.25) is 0 Å². The molecule has 1 fully saturated rings. The van der Waals surface area contributed by atoms with Crippen LogP contribution in [0.5, 0.6) is 5.75 Å². The molecule has 1 amide bonds. The summed E-state index contributed by atoms with van der Waals surface area (Å²) in [4.78, 5) is 14.4. The van der Waals surface area contributed by atoms with Gasteiger partial charge in [0.05, 0.1) is 0 Å². The molecular formula is C20H21ClFNO2. The third-order valence-corrected chi connectivity index (χ3v) is 4.81. The summed E-state index contributed by atoms with van der Waals surface area (Å²) in [6.45, 7) is 1.22. The Morgan fingerprint density at radius 3 is 2.68 bits per heavy atom. The first-order valence-corrected chi connectivity index (χ1v) is 8.92. The molecule has 1 atom stereocenters. The molecule has 2 aromatic rings. The Bertz CT molecular complexity index is 720. The fourth-order valence-corrected chi connectivity index (χ4v) is 3.29. The summed E-state index contributed by atoms with van der Waals surface area (Å²) in [5.41, 5.74) is 1.19. The maximum Gasteiger partial charge on any atom is 0.260 e. The standard InChI is InChI=1S/C20H21ClFNO2/c21-17-10-8-15(9-11-17)16-5-3-4-12-23(13-16)20(24)14-25-19-7-2-1-6-18(19)22/h1-2,6-11,16H,3-5,12-14H2. The number of likely N-dealkylation sites (tertiary alicyclic amines) is 1. The quantitative estimate of drug-likeness (QED) is 0.793. The lowest BCUT2D eigenvalue weighted by molar-refractivity contribution is -0.133. The molecule has 0 saturated carbocycles. The van der Waals surface area contributed by atoms with Gasteiger partial charge >= 0.3 is 0 Å². The predicted octanol–water partition coefficient (Wildman–Crippen LogP) is 4.65. The smallest absolute Gasteiger partial charge is 0.260 e. The highest BCUT2D eigenvalue weighted by atomic mass is 35.5. The van der Waals surface area contributed by atoms with Gasteiger partial charge in [-0.2, -0.15) is 0 Å². The average Bonchev–Trinajstić information content (AvgIpc) is 2.88. The number of nitrogens with zero attached hydrogens (tertiary/aromatic N) is 1. The van der Waals surface area contributed by atoms with Crippen LogP contribution in [0.3, 0.4) is 0 Å². The molecule has 3 nitrogen and oxygen atoms in total. The van der Waals surface area contributed by atoms with Gasteiger partial charge in [-0.3, -0.25) is 4.79 Å². The van der Waals surface area contributed by atoms with Gasteiger partial charge in [0, 0.05) is 24.0 Å².